The molecule has 0 unspecified atom stereocenters. The molecule has 1 aromatic rings. The first-order chi connectivity index (χ1) is 8.05. The maximum atomic E-state index is 5.76. The van der Waals surface area contributed by atoms with Gasteiger partial charge in [-0.2, -0.15) is 0 Å². The Hall–Kier alpha value is -1.36. The van der Waals surface area contributed by atoms with Crippen LogP contribution in [0.2, 0.25) is 0 Å². The third kappa shape index (κ3) is 2.20. The number of anilines is 2. The predicted molar refractivity (Wildman–Crippen MR) is 69.9 cm³/mol. The molecule has 5 nitrogen and oxygen atoms in total. The summed E-state index contributed by atoms with van der Waals surface area (Å²) in [6.07, 6.45) is 5.30. The van der Waals surface area contributed by atoms with Gasteiger partial charge in [-0.25, -0.2) is 9.97 Å². The molecule has 1 aliphatic carbocycles. The van der Waals surface area contributed by atoms with Crippen molar-refractivity contribution in [3.05, 3.63) is 11.9 Å². The molecule has 5 heteroatoms. The summed E-state index contributed by atoms with van der Waals surface area (Å²) in [5.41, 5.74) is 6.98. The van der Waals surface area contributed by atoms with Crippen LogP contribution in [0.3, 0.4) is 0 Å². The second-order valence-electron chi connectivity index (χ2n) is 5.06. The summed E-state index contributed by atoms with van der Waals surface area (Å²) in [6, 6.07) is 0. The van der Waals surface area contributed by atoms with Crippen LogP contribution in [-0.2, 0) is 0 Å². The molecule has 0 spiro atoms. The summed E-state index contributed by atoms with van der Waals surface area (Å²) in [6.45, 7) is 2.86. The van der Waals surface area contributed by atoms with Gasteiger partial charge in [0.05, 0.1) is 0 Å². The van der Waals surface area contributed by atoms with Gasteiger partial charge in [-0.3, -0.25) is 0 Å². The first-order valence-corrected chi connectivity index (χ1v) is 6.03. The first-order valence-electron chi connectivity index (χ1n) is 6.03. The smallest absolute Gasteiger partial charge is 0.134 e. The molecule has 1 heterocycles. The van der Waals surface area contributed by atoms with Crippen molar-refractivity contribution in [2.24, 2.45) is 0 Å². The zero-order valence-electron chi connectivity index (χ0n) is 10.8. The number of nitrogens with two attached hydrogens (primary N) is 1. The molecular formula is C12H21N5. The lowest BCUT2D eigenvalue weighted by Gasteiger charge is -2.47. The molecule has 0 bridgehead atoms. The van der Waals surface area contributed by atoms with Crippen molar-refractivity contribution in [3.63, 3.8) is 0 Å². The largest absolute Gasteiger partial charge is 0.383 e. The average molecular weight is 235 g/mol. The van der Waals surface area contributed by atoms with Gasteiger partial charge >= 0.3 is 0 Å². The third-order valence-electron chi connectivity index (χ3n) is 3.94. The van der Waals surface area contributed by atoms with E-state index < -0.39 is 0 Å². The highest BCUT2D eigenvalue weighted by atomic mass is 15.2. The van der Waals surface area contributed by atoms with Crippen molar-refractivity contribution >= 4 is 11.6 Å². The fourth-order valence-corrected chi connectivity index (χ4v) is 2.26. The average Bonchev–Trinajstić information content (AvgIpc) is 2.22. The minimum atomic E-state index is 0.284. The van der Waals surface area contributed by atoms with E-state index in [4.69, 9.17) is 5.73 Å². The van der Waals surface area contributed by atoms with Crippen molar-refractivity contribution in [1.82, 2.24) is 14.9 Å². The Labute approximate surface area is 102 Å². The third-order valence-corrected chi connectivity index (χ3v) is 3.94. The van der Waals surface area contributed by atoms with Crippen LogP contribution in [0, 0.1) is 6.92 Å². The summed E-state index contributed by atoms with van der Waals surface area (Å²) in [7, 11) is 4.28. The molecule has 1 aromatic heterocycles. The van der Waals surface area contributed by atoms with E-state index in [-0.39, 0.29) is 5.54 Å². The maximum absolute atomic E-state index is 5.76. The highest BCUT2D eigenvalue weighted by Gasteiger charge is 2.38. The Kier molecular flexibility index (Phi) is 3.19. The van der Waals surface area contributed by atoms with Gasteiger partial charge in [-0.15, -0.1) is 0 Å². The van der Waals surface area contributed by atoms with Crippen LogP contribution in [-0.4, -0.2) is 41.0 Å². The zero-order chi connectivity index (χ0) is 12.5. The van der Waals surface area contributed by atoms with Crippen molar-refractivity contribution in [3.8, 4) is 0 Å². The maximum Gasteiger partial charge on any atom is 0.134 e. The van der Waals surface area contributed by atoms with E-state index in [1.165, 1.54) is 25.6 Å². The molecule has 0 atom stereocenters. The van der Waals surface area contributed by atoms with Gasteiger partial charge in [0.15, 0.2) is 0 Å². The first kappa shape index (κ1) is 12.1. The van der Waals surface area contributed by atoms with Crippen LogP contribution < -0.4 is 11.1 Å². The van der Waals surface area contributed by atoms with Crippen molar-refractivity contribution < 1.29 is 0 Å². The van der Waals surface area contributed by atoms with Gasteiger partial charge in [-0.1, -0.05) is 0 Å². The van der Waals surface area contributed by atoms with E-state index in [2.05, 4.69) is 34.3 Å². The SMILES string of the molecule is Cc1c(N)ncnc1NCC1(N(C)C)CCC1. The van der Waals surface area contributed by atoms with Crippen LogP contribution in [0.4, 0.5) is 11.6 Å². The molecule has 17 heavy (non-hydrogen) atoms. The standard InChI is InChI=1S/C12H21N5/c1-9-10(13)15-8-16-11(9)14-7-12(17(2)3)5-4-6-12/h8H,4-7H2,1-3H3,(H3,13,14,15,16). The number of nitrogen functional groups attached to an aromatic ring is 1. The van der Waals surface area contributed by atoms with Crippen LogP contribution in [0.1, 0.15) is 24.8 Å². The van der Waals surface area contributed by atoms with Crippen LogP contribution in [0.5, 0.6) is 0 Å². The second-order valence-corrected chi connectivity index (χ2v) is 5.06. The lowest BCUT2D eigenvalue weighted by Crippen LogP contribution is -2.54. The number of rotatable bonds is 4. The predicted octanol–water partition coefficient (Wildman–Crippen LogP) is 1.26. The van der Waals surface area contributed by atoms with Gasteiger partial charge < -0.3 is 16.0 Å². The molecule has 0 radical (unpaired) electrons. The molecule has 0 saturated heterocycles. The number of likely N-dealkylation sites (N-methyl/N-ethyl adjacent to an activating group) is 1. The minimum Gasteiger partial charge on any atom is -0.383 e. The fourth-order valence-electron chi connectivity index (χ4n) is 2.26. The number of aromatic nitrogens is 2. The van der Waals surface area contributed by atoms with E-state index in [9.17, 15) is 0 Å². The van der Waals surface area contributed by atoms with Gasteiger partial charge in [0.1, 0.15) is 18.0 Å². The molecule has 3 N–H and O–H groups in total. The molecule has 0 aromatic carbocycles. The molecular weight excluding hydrogens is 214 g/mol. The monoisotopic (exact) mass is 235 g/mol. The molecule has 1 aliphatic rings. The molecule has 94 valence electrons. The number of nitrogens with zero attached hydrogens (tertiary/aromatic N) is 3. The quantitative estimate of drug-likeness (QED) is 0.822. The Morgan fingerprint density at radius 2 is 2.12 bits per heavy atom. The lowest BCUT2D eigenvalue weighted by atomic mass is 9.75. The summed E-state index contributed by atoms with van der Waals surface area (Å²) < 4.78 is 0. The Morgan fingerprint density at radius 1 is 1.41 bits per heavy atom. The Bertz CT molecular complexity index is 398. The van der Waals surface area contributed by atoms with E-state index in [1.54, 1.807) is 0 Å². The van der Waals surface area contributed by atoms with E-state index >= 15 is 0 Å². The summed E-state index contributed by atoms with van der Waals surface area (Å²) in [5, 5.41) is 3.41. The van der Waals surface area contributed by atoms with E-state index in [0.29, 0.717) is 5.82 Å². The minimum absolute atomic E-state index is 0.284. The lowest BCUT2D eigenvalue weighted by molar-refractivity contribution is 0.0738. The topological polar surface area (TPSA) is 67.1 Å². The Balaban J connectivity index is 2.04. The van der Waals surface area contributed by atoms with Crippen LogP contribution in [0.25, 0.3) is 0 Å². The molecule has 0 amide bonds. The zero-order valence-corrected chi connectivity index (χ0v) is 10.8. The van der Waals surface area contributed by atoms with Crippen LogP contribution >= 0.6 is 0 Å². The molecule has 1 fully saturated rings. The van der Waals surface area contributed by atoms with Gasteiger partial charge in [-0.05, 0) is 40.3 Å². The summed E-state index contributed by atoms with van der Waals surface area (Å²) in [4.78, 5) is 10.5. The fraction of sp³-hybridized carbons (Fsp3) is 0.667. The summed E-state index contributed by atoms with van der Waals surface area (Å²) >= 11 is 0. The Morgan fingerprint density at radius 3 is 2.65 bits per heavy atom. The molecule has 0 aliphatic heterocycles. The second kappa shape index (κ2) is 4.49. The van der Waals surface area contributed by atoms with Gasteiger partial charge in [0, 0.05) is 17.6 Å². The number of hydrogen-bond acceptors (Lipinski definition) is 5. The normalized spacial score (nSPS) is 17.9. The molecule has 2 rings (SSSR count). The van der Waals surface area contributed by atoms with Crippen molar-refractivity contribution in [1.29, 1.82) is 0 Å². The number of nitrogens with one attached hydrogen (secondary N) is 1. The van der Waals surface area contributed by atoms with Gasteiger partial charge in [0.25, 0.3) is 0 Å². The van der Waals surface area contributed by atoms with Crippen molar-refractivity contribution in [2.75, 3.05) is 31.7 Å². The highest BCUT2D eigenvalue weighted by Crippen LogP contribution is 2.36. The van der Waals surface area contributed by atoms with Crippen LogP contribution in [0.15, 0.2) is 6.33 Å². The summed E-state index contributed by atoms with van der Waals surface area (Å²) in [5.74, 6) is 1.40. The van der Waals surface area contributed by atoms with Crippen molar-refractivity contribution in [2.45, 2.75) is 31.7 Å². The van der Waals surface area contributed by atoms with E-state index in [1.807, 2.05) is 6.92 Å². The molecule has 1 saturated carbocycles. The number of hydrogen-bond donors (Lipinski definition) is 2. The highest BCUT2D eigenvalue weighted by molar-refractivity contribution is 5.54. The van der Waals surface area contributed by atoms with E-state index in [0.717, 1.165) is 17.9 Å². The van der Waals surface area contributed by atoms with Gasteiger partial charge in [0.2, 0.25) is 0 Å².